The average molecular weight is 228 g/mol. The lowest BCUT2D eigenvalue weighted by molar-refractivity contribution is 0.416. The van der Waals surface area contributed by atoms with E-state index in [4.69, 9.17) is 10.5 Å². The van der Waals surface area contributed by atoms with Crippen LogP contribution >= 0.6 is 0 Å². The van der Waals surface area contributed by atoms with Gasteiger partial charge in [-0.25, -0.2) is 0 Å². The minimum absolute atomic E-state index is 0.600. The first-order valence-electron chi connectivity index (χ1n) is 5.05. The van der Waals surface area contributed by atoms with Gasteiger partial charge in [0.15, 0.2) is 0 Å². The Morgan fingerprint density at radius 1 is 1.12 bits per heavy atom. The Balaban J connectivity index is 2.27. The van der Waals surface area contributed by atoms with Crippen molar-refractivity contribution in [2.24, 2.45) is 10.2 Å². The molecule has 5 nitrogen and oxygen atoms in total. The summed E-state index contributed by atoms with van der Waals surface area (Å²) in [6.07, 6.45) is 3.32. The number of benzene rings is 1. The third-order valence-electron chi connectivity index (χ3n) is 2.14. The first-order valence-corrected chi connectivity index (χ1v) is 5.05. The number of nitrogens with zero attached hydrogens (tertiary/aromatic N) is 3. The summed E-state index contributed by atoms with van der Waals surface area (Å²) >= 11 is 0. The number of nitrogen functional groups attached to an aromatic ring is 1. The van der Waals surface area contributed by atoms with E-state index in [0.29, 0.717) is 17.1 Å². The number of nitrogens with two attached hydrogens (primary N) is 1. The van der Waals surface area contributed by atoms with Gasteiger partial charge in [-0.1, -0.05) is 0 Å². The maximum absolute atomic E-state index is 5.65. The molecule has 0 aliphatic heterocycles. The van der Waals surface area contributed by atoms with Crippen molar-refractivity contribution in [2.75, 3.05) is 12.8 Å². The van der Waals surface area contributed by atoms with Crippen LogP contribution in [0.25, 0.3) is 0 Å². The van der Waals surface area contributed by atoms with Crippen molar-refractivity contribution in [2.45, 2.75) is 0 Å². The molecule has 0 radical (unpaired) electrons. The van der Waals surface area contributed by atoms with Crippen LogP contribution in [0.3, 0.4) is 0 Å². The van der Waals surface area contributed by atoms with Crippen LogP contribution in [0.2, 0.25) is 0 Å². The second-order valence-corrected chi connectivity index (χ2v) is 3.34. The summed E-state index contributed by atoms with van der Waals surface area (Å²) < 4.78 is 5.17. The molecule has 17 heavy (non-hydrogen) atoms. The molecule has 0 aliphatic rings. The molecule has 0 bridgehead atoms. The highest BCUT2D eigenvalue weighted by Gasteiger charge is 2.01. The second-order valence-electron chi connectivity index (χ2n) is 3.34. The average Bonchev–Trinajstić information content (AvgIpc) is 2.38. The van der Waals surface area contributed by atoms with Gasteiger partial charge in [-0.15, -0.1) is 5.11 Å². The summed E-state index contributed by atoms with van der Waals surface area (Å²) in [5, 5.41) is 8.18. The van der Waals surface area contributed by atoms with Crippen LogP contribution in [0.1, 0.15) is 0 Å². The van der Waals surface area contributed by atoms with E-state index in [9.17, 15) is 0 Å². The number of ether oxygens (including phenoxy) is 1. The second kappa shape index (κ2) is 5.07. The topological polar surface area (TPSA) is 72.9 Å². The molecule has 0 atom stereocenters. The summed E-state index contributed by atoms with van der Waals surface area (Å²) in [6.45, 7) is 0. The van der Waals surface area contributed by atoms with Crippen LogP contribution in [0.5, 0.6) is 5.75 Å². The van der Waals surface area contributed by atoms with E-state index in [-0.39, 0.29) is 0 Å². The van der Waals surface area contributed by atoms with Gasteiger partial charge >= 0.3 is 0 Å². The van der Waals surface area contributed by atoms with E-state index in [2.05, 4.69) is 15.2 Å². The van der Waals surface area contributed by atoms with Crippen molar-refractivity contribution in [1.29, 1.82) is 0 Å². The van der Waals surface area contributed by atoms with Crippen molar-refractivity contribution in [3.63, 3.8) is 0 Å². The van der Waals surface area contributed by atoms with Gasteiger partial charge < -0.3 is 10.5 Å². The number of aromatic nitrogens is 1. The standard InChI is InChI=1S/C12H12N4O/c1-17-12-8-9(13)2-3-11(12)16-15-10-4-6-14-7-5-10/h2-8H,13H2,1H3/b16-15+. The maximum atomic E-state index is 5.65. The molecule has 2 aromatic rings. The molecule has 2 rings (SSSR count). The number of hydrogen-bond acceptors (Lipinski definition) is 5. The van der Waals surface area contributed by atoms with Gasteiger partial charge in [0.05, 0.1) is 12.8 Å². The lowest BCUT2D eigenvalue weighted by Gasteiger charge is -2.03. The summed E-state index contributed by atoms with van der Waals surface area (Å²) in [7, 11) is 1.57. The molecule has 5 heteroatoms. The van der Waals surface area contributed by atoms with Crippen molar-refractivity contribution in [1.82, 2.24) is 4.98 Å². The van der Waals surface area contributed by atoms with Crippen LogP contribution in [0, 0.1) is 0 Å². The zero-order valence-electron chi connectivity index (χ0n) is 9.37. The fourth-order valence-corrected chi connectivity index (χ4v) is 1.30. The molecule has 86 valence electrons. The quantitative estimate of drug-likeness (QED) is 0.648. The van der Waals surface area contributed by atoms with Crippen LogP contribution in [0.15, 0.2) is 53.0 Å². The van der Waals surface area contributed by atoms with Crippen molar-refractivity contribution < 1.29 is 4.74 Å². The Morgan fingerprint density at radius 2 is 1.88 bits per heavy atom. The van der Waals surface area contributed by atoms with Gasteiger partial charge in [-0.05, 0) is 24.3 Å². The molecule has 0 unspecified atom stereocenters. The fourth-order valence-electron chi connectivity index (χ4n) is 1.30. The number of hydrogen-bond donors (Lipinski definition) is 1. The van der Waals surface area contributed by atoms with Gasteiger partial charge in [-0.2, -0.15) is 5.11 Å². The van der Waals surface area contributed by atoms with E-state index >= 15 is 0 Å². The summed E-state index contributed by atoms with van der Waals surface area (Å²) in [4.78, 5) is 3.90. The first-order chi connectivity index (χ1) is 8.29. The molecule has 1 aromatic heterocycles. The van der Waals surface area contributed by atoms with Gasteiger partial charge in [0.25, 0.3) is 0 Å². The Bertz CT molecular complexity index is 525. The van der Waals surface area contributed by atoms with Gasteiger partial charge in [0.2, 0.25) is 0 Å². The zero-order valence-corrected chi connectivity index (χ0v) is 9.37. The molecule has 0 saturated heterocycles. The Morgan fingerprint density at radius 3 is 2.59 bits per heavy atom. The third-order valence-corrected chi connectivity index (χ3v) is 2.14. The predicted molar refractivity (Wildman–Crippen MR) is 65.8 cm³/mol. The molecule has 0 saturated carbocycles. The molecular weight excluding hydrogens is 216 g/mol. The lowest BCUT2D eigenvalue weighted by Crippen LogP contribution is -1.87. The van der Waals surface area contributed by atoms with Crippen LogP contribution in [-0.2, 0) is 0 Å². The Hall–Kier alpha value is -2.43. The third kappa shape index (κ3) is 2.78. The largest absolute Gasteiger partial charge is 0.494 e. The van der Waals surface area contributed by atoms with E-state index in [0.717, 1.165) is 5.69 Å². The minimum atomic E-state index is 0.600. The maximum Gasteiger partial charge on any atom is 0.148 e. The molecular formula is C12H12N4O. The minimum Gasteiger partial charge on any atom is -0.494 e. The van der Waals surface area contributed by atoms with Gasteiger partial charge in [-0.3, -0.25) is 4.98 Å². The van der Waals surface area contributed by atoms with Crippen LogP contribution in [0.4, 0.5) is 17.1 Å². The van der Waals surface area contributed by atoms with E-state index in [1.807, 2.05) is 0 Å². The normalized spacial score (nSPS) is 10.6. The van der Waals surface area contributed by atoms with Crippen molar-refractivity contribution >= 4 is 17.1 Å². The number of anilines is 1. The highest BCUT2D eigenvalue weighted by atomic mass is 16.5. The molecule has 0 spiro atoms. The first kappa shape index (κ1) is 11.1. The lowest BCUT2D eigenvalue weighted by atomic mass is 10.2. The molecule has 1 heterocycles. The summed E-state index contributed by atoms with van der Waals surface area (Å²) in [6, 6.07) is 8.77. The number of rotatable bonds is 3. The highest BCUT2D eigenvalue weighted by molar-refractivity contribution is 5.59. The predicted octanol–water partition coefficient (Wildman–Crippen LogP) is 3.09. The summed E-state index contributed by atoms with van der Waals surface area (Å²) in [5.41, 5.74) is 7.65. The molecule has 2 N–H and O–H groups in total. The van der Waals surface area contributed by atoms with Crippen LogP contribution in [-0.4, -0.2) is 12.1 Å². The SMILES string of the molecule is COc1cc(N)ccc1/N=N/c1ccncc1. The summed E-state index contributed by atoms with van der Waals surface area (Å²) in [5.74, 6) is 0.600. The van der Waals surface area contributed by atoms with Gasteiger partial charge in [0, 0.05) is 24.1 Å². The Labute approximate surface area is 99.0 Å². The molecule has 1 aromatic carbocycles. The van der Waals surface area contributed by atoms with E-state index in [1.165, 1.54) is 0 Å². The van der Waals surface area contributed by atoms with Crippen molar-refractivity contribution in [3.05, 3.63) is 42.7 Å². The number of methoxy groups -OCH3 is 1. The monoisotopic (exact) mass is 228 g/mol. The fraction of sp³-hybridized carbons (Fsp3) is 0.0833. The van der Waals surface area contributed by atoms with Crippen LogP contribution < -0.4 is 10.5 Å². The van der Waals surface area contributed by atoms with E-state index in [1.54, 1.807) is 49.8 Å². The smallest absolute Gasteiger partial charge is 0.148 e. The molecule has 0 fully saturated rings. The molecule has 0 aliphatic carbocycles. The number of pyridine rings is 1. The Kier molecular flexibility index (Phi) is 3.30. The van der Waals surface area contributed by atoms with E-state index < -0.39 is 0 Å². The molecule has 0 amide bonds. The number of azo groups is 1. The van der Waals surface area contributed by atoms with Crippen molar-refractivity contribution in [3.8, 4) is 5.75 Å². The highest BCUT2D eigenvalue weighted by Crippen LogP contribution is 2.30. The zero-order chi connectivity index (χ0) is 12.1. The van der Waals surface area contributed by atoms with Gasteiger partial charge in [0.1, 0.15) is 11.4 Å².